The topological polar surface area (TPSA) is 41.6 Å². The van der Waals surface area contributed by atoms with Gasteiger partial charge in [0.05, 0.1) is 12.2 Å². The summed E-state index contributed by atoms with van der Waals surface area (Å²) in [5.74, 6) is 0.291. The van der Waals surface area contributed by atoms with Crippen molar-refractivity contribution in [2.24, 2.45) is 5.92 Å². The lowest BCUT2D eigenvalue weighted by Crippen LogP contribution is -2.48. The van der Waals surface area contributed by atoms with Gasteiger partial charge in [-0.05, 0) is 20.3 Å². The second kappa shape index (κ2) is 6.97. The van der Waals surface area contributed by atoms with Crippen LogP contribution in [0, 0.1) is 5.92 Å². The molecule has 1 fully saturated rings. The molecule has 1 saturated heterocycles. The van der Waals surface area contributed by atoms with Crippen LogP contribution in [0.5, 0.6) is 0 Å². The molecule has 0 radical (unpaired) electrons. The fourth-order valence-electron chi connectivity index (χ4n) is 2.16. The SMILES string of the molecule is CCC(C)C(=O)NCCN1CC(C)OC(C)C1. The molecule has 1 aliphatic rings. The summed E-state index contributed by atoms with van der Waals surface area (Å²) in [6.45, 7) is 11.8. The fourth-order valence-corrected chi connectivity index (χ4v) is 2.16. The Labute approximate surface area is 105 Å². The number of amides is 1. The molecule has 0 aliphatic carbocycles. The van der Waals surface area contributed by atoms with Crippen molar-refractivity contribution in [3.05, 3.63) is 0 Å². The molecule has 1 amide bonds. The largest absolute Gasteiger partial charge is 0.373 e. The van der Waals surface area contributed by atoms with Crippen molar-refractivity contribution in [2.75, 3.05) is 26.2 Å². The van der Waals surface area contributed by atoms with Crippen LogP contribution in [0.4, 0.5) is 0 Å². The van der Waals surface area contributed by atoms with E-state index in [4.69, 9.17) is 4.74 Å². The van der Waals surface area contributed by atoms with Crippen LogP contribution in [0.1, 0.15) is 34.1 Å². The zero-order valence-corrected chi connectivity index (χ0v) is 11.5. The molecule has 4 heteroatoms. The molecule has 1 heterocycles. The van der Waals surface area contributed by atoms with Gasteiger partial charge in [-0.25, -0.2) is 0 Å². The lowest BCUT2D eigenvalue weighted by atomic mass is 10.1. The van der Waals surface area contributed by atoms with Gasteiger partial charge < -0.3 is 10.1 Å². The van der Waals surface area contributed by atoms with E-state index in [-0.39, 0.29) is 11.8 Å². The molecule has 4 nitrogen and oxygen atoms in total. The Balaban J connectivity index is 2.20. The molecule has 17 heavy (non-hydrogen) atoms. The first-order valence-electron chi connectivity index (χ1n) is 6.68. The summed E-state index contributed by atoms with van der Waals surface area (Å²) in [5.41, 5.74) is 0. The zero-order chi connectivity index (χ0) is 12.8. The van der Waals surface area contributed by atoms with Crippen LogP contribution in [0.2, 0.25) is 0 Å². The van der Waals surface area contributed by atoms with E-state index in [0.717, 1.165) is 32.6 Å². The van der Waals surface area contributed by atoms with E-state index in [0.29, 0.717) is 12.2 Å². The summed E-state index contributed by atoms with van der Waals surface area (Å²) in [7, 11) is 0. The number of carbonyl (C=O) groups excluding carboxylic acids is 1. The second-order valence-corrected chi connectivity index (χ2v) is 5.12. The highest BCUT2D eigenvalue weighted by molar-refractivity contribution is 5.78. The monoisotopic (exact) mass is 242 g/mol. The average molecular weight is 242 g/mol. The Kier molecular flexibility index (Phi) is 5.92. The van der Waals surface area contributed by atoms with E-state index in [1.807, 2.05) is 13.8 Å². The Morgan fingerprint density at radius 2 is 2.00 bits per heavy atom. The highest BCUT2D eigenvalue weighted by atomic mass is 16.5. The highest BCUT2D eigenvalue weighted by Crippen LogP contribution is 2.09. The van der Waals surface area contributed by atoms with Crippen LogP contribution < -0.4 is 5.32 Å². The standard InChI is InChI=1S/C13H26N2O2/c1-5-10(2)13(16)14-6-7-15-8-11(3)17-12(4)9-15/h10-12H,5-9H2,1-4H3,(H,14,16). The first kappa shape index (κ1) is 14.5. The molecule has 1 rings (SSSR count). The summed E-state index contributed by atoms with van der Waals surface area (Å²) < 4.78 is 5.67. The van der Waals surface area contributed by atoms with Crippen LogP contribution >= 0.6 is 0 Å². The van der Waals surface area contributed by atoms with Gasteiger partial charge in [0.25, 0.3) is 0 Å². The molecule has 0 bridgehead atoms. The van der Waals surface area contributed by atoms with Crippen molar-refractivity contribution in [3.63, 3.8) is 0 Å². The number of nitrogens with one attached hydrogen (secondary N) is 1. The molecule has 0 spiro atoms. The van der Waals surface area contributed by atoms with Crippen molar-refractivity contribution in [2.45, 2.75) is 46.3 Å². The van der Waals surface area contributed by atoms with Gasteiger partial charge in [-0.2, -0.15) is 0 Å². The van der Waals surface area contributed by atoms with Crippen molar-refractivity contribution in [3.8, 4) is 0 Å². The molecule has 0 aromatic rings. The van der Waals surface area contributed by atoms with Crippen molar-refractivity contribution < 1.29 is 9.53 Å². The highest BCUT2D eigenvalue weighted by Gasteiger charge is 2.21. The number of hydrogen-bond donors (Lipinski definition) is 1. The predicted octanol–water partition coefficient (Wildman–Crippen LogP) is 1.26. The van der Waals surface area contributed by atoms with Crippen LogP contribution in [0.15, 0.2) is 0 Å². The van der Waals surface area contributed by atoms with E-state index in [9.17, 15) is 4.79 Å². The van der Waals surface area contributed by atoms with Gasteiger partial charge in [-0.15, -0.1) is 0 Å². The molecule has 0 aromatic heterocycles. The van der Waals surface area contributed by atoms with Gasteiger partial charge in [0.15, 0.2) is 0 Å². The van der Waals surface area contributed by atoms with E-state index >= 15 is 0 Å². The summed E-state index contributed by atoms with van der Waals surface area (Å²) in [4.78, 5) is 13.9. The molecule has 0 saturated carbocycles. The lowest BCUT2D eigenvalue weighted by Gasteiger charge is -2.35. The maximum Gasteiger partial charge on any atom is 0.222 e. The number of rotatable bonds is 5. The van der Waals surface area contributed by atoms with Gasteiger partial charge >= 0.3 is 0 Å². The number of hydrogen-bond acceptors (Lipinski definition) is 3. The van der Waals surface area contributed by atoms with E-state index < -0.39 is 0 Å². The van der Waals surface area contributed by atoms with Crippen LogP contribution in [0.25, 0.3) is 0 Å². The number of nitrogens with zero attached hydrogens (tertiary/aromatic N) is 1. The number of carbonyl (C=O) groups is 1. The van der Waals surface area contributed by atoms with Crippen LogP contribution in [-0.4, -0.2) is 49.2 Å². The summed E-state index contributed by atoms with van der Waals surface area (Å²) in [6.07, 6.45) is 1.49. The Hall–Kier alpha value is -0.610. The molecule has 1 N–H and O–H groups in total. The summed E-state index contributed by atoms with van der Waals surface area (Å²) in [5, 5.41) is 2.99. The molecule has 1 aliphatic heterocycles. The average Bonchev–Trinajstić information content (AvgIpc) is 2.26. The predicted molar refractivity (Wildman–Crippen MR) is 68.9 cm³/mol. The lowest BCUT2D eigenvalue weighted by molar-refractivity contribution is -0.124. The molecule has 0 aromatic carbocycles. The third-order valence-corrected chi connectivity index (χ3v) is 3.28. The third-order valence-electron chi connectivity index (χ3n) is 3.28. The van der Waals surface area contributed by atoms with Crippen molar-refractivity contribution in [1.82, 2.24) is 10.2 Å². The zero-order valence-electron chi connectivity index (χ0n) is 11.5. The van der Waals surface area contributed by atoms with Gasteiger partial charge in [0.2, 0.25) is 5.91 Å². The van der Waals surface area contributed by atoms with Crippen LogP contribution in [0.3, 0.4) is 0 Å². The minimum Gasteiger partial charge on any atom is -0.373 e. The Bertz CT molecular complexity index is 236. The smallest absolute Gasteiger partial charge is 0.222 e. The Morgan fingerprint density at radius 3 is 2.53 bits per heavy atom. The molecular weight excluding hydrogens is 216 g/mol. The maximum absolute atomic E-state index is 11.6. The summed E-state index contributed by atoms with van der Waals surface area (Å²) in [6, 6.07) is 0. The molecule has 3 atom stereocenters. The van der Waals surface area contributed by atoms with Gasteiger partial charge in [-0.1, -0.05) is 13.8 Å². The minimum atomic E-state index is 0.123. The van der Waals surface area contributed by atoms with Gasteiger partial charge in [0.1, 0.15) is 0 Å². The van der Waals surface area contributed by atoms with Crippen molar-refractivity contribution in [1.29, 1.82) is 0 Å². The summed E-state index contributed by atoms with van der Waals surface area (Å²) >= 11 is 0. The first-order chi connectivity index (χ1) is 8.02. The van der Waals surface area contributed by atoms with Gasteiger partial charge in [0, 0.05) is 32.1 Å². The second-order valence-electron chi connectivity index (χ2n) is 5.12. The number of ether oxygens (including phenoxy) is 1. The van der Waals surface area contributed by atoms with Crippen LogP contribution in [-0.2, 0) is 9.53 Å². The van der Waals surface area contributed by atoms with E-state index in [2.05, 4.69) is 24.1 Å². The number of morpholine rings is 1. The third kappa shape index (κ3) is 5.04. The maximum atomic E-state index is 11.6. The minimum absolute atomic E-state index is 0.123. The quantitative estimate of drug-likeness (QED) is 0.789. The fraction of sp³-hybridized carbons (Fsp3) is 0.923. The van der Waals surface area contributed by atoms with Gasteiger partial charge in [-0.3, -0.25) is 9.69 Å². The molecular formula is C13H26N2O2. The van der Waals surface area contributed by atoms with Crippen molar-refractivity contribution >= 4 is 5.91 Å². The molecule has 3 unspecified atom stereocenters. The Morgan fingerprint density at radius 1 is 1.41 bits per heavy atom. The van der Waals surface area contributed by atoms with E-state index in [1.54, 1.807) is 0 Å². The van der Waals surface area contributed by atoms with E-state index in [1.165, 1.54) is 0 Å². The first-order valence-corrected chi connectivity index (χ1v) is 6.68. The normalized spacial score (nSPS) is 27.8. The molecule has 100 valence electrons.